The number of esters is 1. The molecule has 0 aliphatic heterocycles. The van der Waals surface area contributed by atoms with Gasteiger partial charge in [0.05, 0.1) is 22.8 Å². The van der Waals surface area contributed by atoms with Gasteiger partial charge in [0.25, 0.3) is 0 Å². The number of H-pyrrole nitrogens is 2. The van der Waals surface area contributed by atoms with Crippen molar-refractivity contribution in [3.05, 3.63) is 90.5 Å². The van der Waals surface area contributed by atoms with Gasteiger partial charge in [-0.3, -0.25) is 15.0 Å². The van der Waals surface area contributed by atoms with Gasteiger partial charge in [-0.2, -0.15) is 10.2 Å². The fourth-order valence-corrected chi connectivity index (χ4v) is 4.34. The largest absolute Gasteiger partial charge is 0.427 e. The summed E-state index contributed by atoms with van der Waals surface area (Å²) in [6, 6.07) is 28.1. The lowest BCUT2D eigenvalue weighted by atomic mass is 10.0. The predicted molar refractivity (Wildman–Crippen MR) is 147 cm³/mol. The fraction of sp³-hybridized carbons (Fsp3) is 0.194. The first-order valence-corrected chi connectivity index (χ1v) is 12.7. The van der Waals surface area contributed by atoms with Crippen LogP contribution in [-0.4, -0.2) is 26.4 Å². The summed E-state index contributed by atoms with van der Waals surface area (Å²) in [4.78, 5) is 12.0. The lowest BCUT2D eigenvalue weighted by Gasteiger charge is -2.04. The van der Waals surface area contributed by atoms with Crippen LogP contribution in [0.2, 0.25) is 0 Å². The van der Waals surface area contributed by atoms with Crippen molar-refractivity contribution in [2.75, 3.05) is 0 Å². The number of ether oxygens (including phenoxy) is 1. The molecule has 0 spiro atoms. The molecule has 2 heterocycles. The van der Waals surface area contributed by atoms with E-state index in [0.717, 1.165) is 64.3 Å². The van der Waals surface area contributed by atoms with Gasteiger partial charge in [0.2, 0.25) is 0 Å². The topological polar surface area (TPSA) is 83.7 Å². The maximum absolute atomic E-state index is 12.0. The van der Waals surface area contributed by atoms with Crippen molar-refractivity contribution in [3.63, 3.8) is 0 Å². The number of aromatic amines is 2. The van der Waals surface area contributed by atoms with Gasteiger partial charge in [0, 0.05) is 28.7 Å². The van der Waals surface area contributed by atoms with Gasteiger partial charge in [-0.1, -0.05) is 62.2 Å². The molecule has 2 aromatic heterocycles. The molecule has 3 aromatic carbocycles. The summed E-state index contributed by atoms with van der Waals surface area (Å²) in [6.45, 7) is 4.21. The molecule has 186 valence electrons. The third-order valence-corrected chi connectivity index (χ3v) is 6.43. The van der Waals surface area contributed by atoms with Gasteiger partial charge >= 0.3 is 5.97 Å². The van der Waals surface area contributed by atoms with Gasteiger partial charge < -0.3 is 4.74 Å². The van der Waals surface area contributed by atoms with E-state index in [0.29, 0.717) is 12.2 Å². The average Bonchev–Trinajstić information content (AvgIpc) is 3.61. The molecule has 5 aromatic rings. The Morgan fingerprint density at radius 1 is 0.757 bits per heavy atom. The van der Waals surface area contributed by atoms with Crippen molar-refractivity contribution in [1.29, 1.82) is 0 Å². The van der Waals surface area contributed by atoms with Crippen LogP contribution in [0.1, 0.15) is 38.2 Å². The molecule has 0 fully saturated rings. The number of aryl methyl sites for hydroxylation is 1. The van der Waals surface area contributed by atoms with Crippen LogP contribution in [0.5, 0.6) is 5.75 Å². The highest BCUT2D eigenvalue weighted by molar-refractivity contribution is 5.76. The van der Waals surface area contributed by atoms with Crippen molar-refractivity contribution in [2.24, 2.45) is 0 Å². The standard InChI is InChI=1S/C31H30N4O2/c1-3-4-5-13-31(36)37-25-16-14-22(15-17-25)27-19-28(33-32-27)23-10-8-11-24(18-23)29-20-30(35-34-29)26-12-7-6-9-21(26)2/h6-12,14-20H,3-5,13H2,1-2H3,(H,32,33)(H,34,35). The number of aromatic nitrogens is 4. The molecule has 37 heavy (non-hydrogen) atoms. The number of benzene rings is 3. The molecule has 0 aliphatic rings. The molecule has 5 rings (SSSR count). The van der Waals surface area contributed by atoms with Crippen LogP contribution in [0, 0.1) is 6.92 Å². The second-order valence-electron chi connectivity index (χ2n) is 9.19. The van der Waals surface area contributed by atoms with E-state index in [9.17, 15) is 4.79 Å². The molecule has 0 radical (unpaired) electrons. The Hall–Kier alpha value is -4.45. The summed E-state index contributed by atoms with van der Waals surface area (Å²) in [6.07, 6.45) is 3.42. The van der Waals surface area contributed by atoms with Gasteiger partial charge in [-0.15, -0.1) is 0 Å². The molecular formula is C31H30N4O2. The number of hydrogen-bond acceptors (Lipinski definition) is 4. The van der Waals surface area contributed by atoms with E-state index in [4.69, 9.17) is 4.74 Å². The maximum atomic E-state index is 12.0. The Kier molecular flexibility index (Phi) is 7.26. The molecule has 0 saturated heterocycles. The SMILES string of the molecule is CCCCCC(=O)Oc1ccc(-c2cc(-c3cccc(-c4cc(-c5ccccc5C)n[nH]4)c3)[nH]n2)cc1. The number of nitrogens with one attached hydrogen (secondary N) is 2. The van der Waals surface area contributed by atoms with E-state index in [-0.39, 0.29) is 5.97 Å². The highest BCUT2D eigenvalue weighted by Gasteiger charge is 2.11. The van der Waals surface area contributed by atoms with Crippen LogP contribution in [0.4, 0.5) is 0 Å². The second-order valence-corrected chi connectivity index (χ2v) is 9.19. The summed E-state index contributed by atoms with van der Waals surface area (Å²) in [5, 5.41) is 15.4. The van der Waals surface area contributed by atoms with Crippen molar-refractivity contribution < 1.29 is 9.53 Å². The van der Waals surface area contributed by atoms with Gasteiger partial charge in [-0.05, 0) is 61.4 Å². The number of unbranched alkanes of at least 4 members (excludes halogenated alkanes) is 2. The lowest BCUT2D eigenvalue weighted by Crippen LogP contribution is -2.07. The zero-order valence-electron chi connectivity index (χ0n) is 21.1. The smallest absolute Gasteiger partial charge is 0.311 e. The number of rotatable bonds is 9. The van der Waals surface area contributed by atoms with Crippen molar-refractivity contribution in [2.45, 2.75) is 39.5 Å². The molecule has 0 bridgehead atoms. The third kappa shape index (κ3) is 5.70. The highest BCUT2D eigenvalue weighted by Crippen LogP contribution is 2.30. The predicted octanol–water partition coefficient (Wildman–Crippen LogP) is 7.59. The first-order chi connectivity index (χ1) is 18.1. The second kappa shape index (κ2) is 11.1. The molecule has 6 heteroatoms. The van der Waals surface area contributed by atoms with E-state index in [1.165, 1.54) is 5.56 Å². The summed E-state index contributed by atoms with van der Waals surface area (Å²) in [5.74, 6) is 0.366. The number of nitrogens with zero attached hydrogens (tertiary/aromatic N) is 2. The summed E-state index contributed by atoms with van der Waals surface area (Å²) in [5.41, 5.74) is 8.96. The van der Waals surface area contributed by atoms with Crippen molar-refractivity contribution in [1.82, 2.24) is 20.4 Å². The van der Waals surface area contributed by atoms with Crippen molar-refractivity contribution >= 4 is 5.97 Å². The molecule has 2 N–H and O–H groups in total. The fourth-order valence-electron chi connectivity index (χ4n) is 4.34. The number of carbonyl (C=O) groups excluding carboxylic acids is 1. The van der Waals surface area contributed by atoms with Gasteiger partial charge in [0.15, 0.2) is 0 Å². The normalized spacial score (nSPS) is 11.0. The van der Waals surface area contributed by atoms with Crippen LogP contribution in [0.3, 0.4) is 0 Å². The molecule has 0 aliphatic carbocycles. The van der Waals surface area contributed by atoms with Gasteiger partial charge in [0.1, 0.15) is 5.75 Å². The monoisotopic (exact) mass is 490 g/mol. The Bertz CT molecular complexity index is 1500. The molecule has 0 amide bonds. The zero-order chi connectivity index (χ0) is 25.6. The summed E-state index contributed by atoms with van der Waals surface area (Å²) < 4.78 is 5.44. The summed E-state index contributed by atoms with van der Waals surface area (Å²) in [7, 11) is 0. The third-order valence-electron chi connectivity index (χ3n) is 6.43. The minimum atomic E-state index is -0.188. The van der Waals surface area contributed by atoms with Crippen molar-refractivity contribution in [3.8, 4) is 50.8 Å². The van der Waals surface area contributed by atoms with E-state index in [2.05, 4.69) is 70.6 Å². The van der Waals surface area contributed by atoms with E-state index in [1.54, 1.807) is 0 Å². The molecular weight excluding hydrogens is 460 g/mol. The Morgan fingerprint density at radius 2 is 1.43 bits per heavy atom. The lowest BCUT2D eigenvalue weighted by molar-refractivity contribution is -0.134. The Morgan fingerprint density at radius 3 is 2.14 bits per heavy atom. The quantitative estimate of drug-likeness (QED) is 0.127. The summed E-state index contributed by atoms with van der Waals surface area (Å²) >= 11 is 0. The minimum absolute atomic E-state index is 0.188. The number of carbonyl (C=O) groups is 1. The van der Waals surface area contributed by atoms with Gasteiger partial charge in [-0.25, -0.2) is 0 Å². The first kappa shape index (κ1) is 24.3. The Labute approximate surface area is 216 Å². The van der Waals surface area contributed by atoms with Crippen LogP contribution in [0.25, 0.3) is 45.0 Å². The van der Waals surface area contributed by atoms with Crippen LogP contribution in [0.15, 0.2) is 84.9 Å². The Balaban J connectivity index is 1.30. The van der Waals surface area contributed by atoms with E-state index < -0.39 is 0 Å². The maximum Gasteiger partial charge on any atom is 0.311 e. The average molecular weight is 491 g/mol. The number of hydrogen-bond donors (Lipinski definition) is 2. The molecule has 6 nitrogen and oxygen atoms in total. The molecule has 0 atom stereocenters. The molecule has 0 unspecified atom stereocenters. The van der Waals surface area contributed by atoms with Crippen LogP contribution >= 0.6 is 0 Å². The first-order valence-electron chi connectivity index (χ1n) is 12.7. The van der Waals surface area contributed by atoms with Crippen LogP contribution in [-0.2, 0) is 4.79 Å². The van der Waals surface area contributed by atoms with E-state index in [1.807, 2.05) is 48.5 Å². The van der Waals surface area contributed by atoms with Crippen LogP contribution < -0.4 is 4.74 Å². The minimum Gasteiger partial charge on any atom is -0.427 e. The van der Waals surface area contributed by atoms with E-state index >= 15 is 0 Å². The molecule has 0 saturated carbocycles. The highest BCUT2D eigenvalue weighted by atomic mass is 16.5. The zero-order valence-corrected chi connectivity index (χ0v) is 21.1.